The number of hydrogen-bond acceptors (Lipinski definition) is 5. The molecular formula is C22H20N4S. The van der Waals surface area contributed by atoms with Crippen LogP contribution in [0, 0.1) is 0 Å². The summed E-state index contributed by atoms with van der Waals surface area (Å²) in [6.45, 7) is 3.91. The molecule has 0 aliphatic rings. The van der Waals surface area contributed by atoms with Crippen molar-refractivity contribution in [2.24, 2.45) is 20.4 Å². The van der Waals surface area contributed by atoms with Gasteiger partial charge in [0.05, 0.1) is 33.6 Å². The largest absolute Gasteiger partial charge is 0.158 e. The zero-order valence-electron chi connectivity index (χ0n) is 15.3. The molecule has 0 saturated heterocycles. The number of thiophene rings is 1. The SMILES string of the molecule is C/C(=N/N=C\c1ccccc1)c1ccc(/C(C)=N/N=C\c2ccccc2)s1. The first kappa shape index (κ1) is 18.6. The van der Waals surface area contributed by atoms with Crippen LogP contribution in [0.1, 0.15) is 34.7 Å². The Morgan fingerprint density at radius 1 is 0.630 bits per heavy atom. The second kappa shape index (κ2) is 9.50. The Morgan fingerprint density at radius 2 is 1.04 bits per heavy atom. The predicted molar refractivity (Wildman–Crippen MR) is 117 cm³/mol. The smallest absolute Gasteiger partial charge is 0.0771 e. The lowest BCUT2D eigenvalue weighted by Crippen LogP contribution is -1.90. The summed E-state index contributed by atoms with van der Waals surface area (Å²) in [7, 11) is 0. The first-order valence-corrected chi connectivity index (χ1v) is 9.40. The molecule has 3 rings (SSSR count). The van der Waals surface area contributed by atoms with E-state index in [1.165, 1.54) is 0 Å². The lowest BCUT2D eigenvalue weighted by atomic mass is 10.2. The molecule has 0 fully saturated rings. The Balaban J connectivity index is 1.66. The van der Waals surface area contributed by atoms with Crippen LogP contribution in [0.4, 0.5) is 0 Å². The third-order valence-corrected chi connectivity index (χ3v) is 5.05. The number of nitrogens with zero attached hydrogens (tertiary/aromatic N) is 4. The van der Waals surface area contributed by atoms with Gasteiger partial charge in [-0.25, -0.2) is 0 Å². The Labute approximate surface area is 163 Å². The minimum atomic E-state index is 0.874. The fourth-order valence-electron chi connectivity index (χ4n) is 2.27. The number of benzene rings is 2. The van der Waals surface area contributed by atoms with E-state index in [1.54, 1.807) is 23.8 Å². The van der Waals surface area contributed by atoms with E-state index >= 15 is 0 Å². The molecule has 0 atom stereocenters. The third-order valence-electron chi connectivity index (χ3n) is 3.75. The average molecular weight is 372 g/mol. The standard InChI is InChI=1S/C22H20N4S/c1-17(25-23-15-19-9-5-3-6-10-19)21-13-14-22(27-21)18(2)26-24-16-20-11-7-4-8-12-20/h3-16H,1-2H3/b23-15-,24-16-,25-17-,26-18+. The summed E-state index contributed by atoms with van der Waals surface area (Å²) in [5.41, 5.74) is 3.80. The molecule has 0 spiro atoms. The average Bonchev–Trinajstić information content (AvgIpc) is 3.20. The molecule has 0 aliphatic carbocycles. The summed E-state index contributed by atoms with van der Waals surface area (Å²) in [6, 6.07) is 23.9. The highest BCUT2D eigenvalue weighted by atomic mass is 32.1. The van der Waals surface area contributed by atoms with Crippen LogP contribution >= 0.6 is 11.3 Å². The Morgan fingerprint density at radius 3 is 1.44 bits per heavy atom. The van der Waals surface area contributed by atoms with Gasteiger partial charge in [-0.05, 0) is 37.1 Å². The quantitative estimate of drug-likeness (QED) is 0.409. The van der Waals surface area contributed by atoms with E-state index < -0.39 is 0 Å². The molecule has 3 aromatic rings. The second-order valence-electron chi connectivity index (χ2n) is 5.85. The van der Waals surface area contributed by atoms with E-state index in [0.717, 1.165) is 32.3 Å². The van der Waals surface area contributed by atoms with Crippen LogP contribution in [0.3, 0.4) is 0 Å². The molecule has 27 heavy (non-hydrogen) atoms. The van der Waals surface area contributed by atoms with E-state index in [2.05, 4.69) is 20.4 Å². The summed E-state index contributed by atoms with van der Waals surface area (Å²) in [6.07, 6.45) is 3.51. The minimum Gasteiger partial charge on any atom is -0.158 e. The van der Waals surface area contributed by atoms with Gasteiger partial charge in [-0.15, -0.1) is 11.3 Å². The lowest BCUT2D eigenvalue weighted by molar-refractivity contribution is 1.24. The van der Waals surface area contributed by atoms with E-state index in [-0.39, 0.29) is 0 Å². The highest BCUT2D eigenvalue weighted by Gasteiger charge is 2.05. The van der Waals surface area contributed by atoms with E-state index in [0.29, 0.717) is 0 Å². The van der Waals surface area contributed by atoms with Gasteiger partial charge in [-0.2, -0.15) is 20.4 Å². The van der Waals surface area contributed by atoms with Crippen molar-refractivity contribution in [3.8, 4) is 0 Å². The summed E-state index contributed by atoms with van der Waals surface area (Å²) in [4.78, 5) is 2.13. The fraction of sp³-hybridized carbons (Fsp3) is 0.0909. The molecule has 2 aromatic carbocycles. The molecule has 0 aliphatic heterocycles. The maximum atomic E-state index is 4.29. The van der Waals surface area contributed by atoms with E-state index in [9.17, 15) is 0 Å². The van der Waals surface area contributed by atoms with Crippen molar-refractivity contribution in [1.82, 2.24) is 0 Å². The van der Waals surface area contributed by atoms with Crippen LogP contribution in [0.15, 0.2) is 93.2 Å². The van der Waals surface area contributed by atoms with Crippen LogP contribution in [0.5, 0.6) is 0 Å². The van der Waals surface area contributed by atoms with Crippen LogP contribution in [-0.4, -0.2) is 23.9 Å². The molecule has 5 heteroatoms. The Kier molecular flexibility index (Phi) is 6.55. The van der Waals surface area contributed by atoms with Gasteiger partial charge in [-0.3, -0.25) is 0 Å². The number of hydrogen-bond donors (Lipinski definition) is 0. The van der Waals surface area contributed by atoms with Crippen LogP contribution < -0.4 is 0 Å². The first-order valence-electron chi connectivity index (χ1n) is 8.58. The van der Waals surface area contributed by atoms with Crippen molar-refractivity contribution in [2.45, 2.75) is 13.8 Å². The molecule has 0 saturated carbocycles. The van der Waals surface area contributed by atoms with Gasteiger partial charge in [0.1, 0.15) is 0 Å². The molecule has 4 nitrogen and oxygen atoms in total. The van der Waals surface area contributed by atoms with Gasteiger partial charge >= 0.3 is 0 Å². The maximum Gasteiger partial charge on any atom is 0.0771 e. The van der Waals surface area contributed by atoms with Crippen molar-refractivity contribution in [2.75, 3.05) is 0 Å². The molecule has 0 unspecified atom stereocenters. The molecule has 0 N–H and O–H groups in total. The topological polar surface area (TPSA) is 49.4 Å². The fourth-order valence-corrected chi connectivity index (χ4v) is 3.15. The molecule has 134 valence electrons. The van der Waals surface area contributed by atoms with Crippen molar-refractivity contribution in [3.05, 3.63) is 93.7 Å². The molecule has 1 aromatic heterocycles. The molecular weight excluding hydrogens is 352 g/mol. The predicted octanol–water partition coefficient (Wildman–Crippen LogP) is 5.43. The minimum absolute atomic E-state index is 0.874. The van der Waals surface area contributed by atoms with Crippen LogP contribution in [0.2, 0.25) is 0 Å². The van der Waals surface area contributed by atoms with Crippen molar-refractivity contribution >= 4 is 35.2 Å². The summed E-state index contributed by atoms with van der Waals surface area (Å²) < 4.78 is 0. The molecule has 0 amide bonds. The molecule has 1 heterocycles. The summed E-state index contributed by atoms with van der Waals surface area (Å²) >= 11 is 1.63. The Bertz CT molecular complexity index is 903. The number of rotatable bonds is 6. The van der Waals surface area contributed by atoms with Crippen LogP contribution in [-0.2, 0) is 0 Å². The van der Waals surface area contributed by atoms with Gasteiger partial charge in [0.2, 0.25) is 0 Å². The third kappa shape index (κ3) is 5.66. The van der Waals surface area contributed by atoms with Crippen LogP contribution in [0.25, 0.3) is 0 Å². The highest BCUT2D eigenvalue weighted by molar-refractivity contribution is 7.16. The van der Waals surface area contributed by atoms with Crippen molar-refractivity contribution in [1.29, 1.82) is 0 Å². The summed E-state index contributed by atoms with van der Waals surface area (Å²) in [5.74, 6) is 0. The highest BCUT2D eigenvalue weighted by Crippen LogP contribution is 2.18. The second-order valence-corrected chi connectivity index (χ2v) is 6.93. The zero-order valence-corrected chi connectivity index (χ0v) is 16.1. The van der Waals surface area contributed by atoms with Gasteiger partial charge in [0.25, 0.3) is 0 Å². The van der Waals surface area contributed by atoms with Crippen molar-refractivity contribution in [3.63, 3.8) is 0 Å². The van der Waals surface area contributed by atoms with Gasteiger partial charge in [-0.1, -0.05) is 60.7 Å². The zero-order chi connectivity index (χ0) is 18.9. The maximum absolute atomic E-state index is 4.29. The van der Waals surface area contributed by atoms with Crippen molar-refractivity contribution < 1.29 is 0 Å². The van der Waals surface area contributed by atoms with E-state index in [4.69, 9.17) is 0 Å². The molecule has 0 bridgehead atoms. The van der Waals surface area contributed by atoms with Gasteiger partial charge < -0.3 is 0 Å². The monoisotopic (exact) mass is 372 g/mol. The normalized spacial score (nSPS) is 13.0. The van der Waals surface area contributed by atoms with E-state index in [1.807, 2.05) is 86.6 Å². The Hall–Kier alpha value is -3.18. The first-order chi connectivity index (χ1) is 13.2. The van der Waals surface area contributed by atoms with Gasteiger partial charge in [0.15, 0.2) is 0 Å². The molecule has 0 radical (unpaired) electrons. The van der Waals surface area contributed by atoms with Gasteiger partial charge in [0, 0.05) is 0 Å². The lowest BCUT2D eigenvalue weighted by Gasteiger charge is -1.94. The summed E-state index contributed by atoms with van der Waals surface area (Å²) in [5, 5.41) is 16.9.